The van der Waals surface area contributed by atoms with E-state index in [1.165, 1.54) is 7.11 Å². The Bertz CT molecular complexity index is 377. The van der Waals surface area contributed by atoms with E-state index in [0.717, 1.165) is 15.8 Å². The molecule has 4 heteroatoms. The first kappa shape index (κ1) is 13.0. The van der Waals surface area contributed by atoms with Crippen LogP contribution in [0.25, 0.3) is 0 Å². The lowest BCUT2D eigenvalue weighted by Crippen LogP contribution is -2.18. The highest BCUT2D eigenvalue weighted by Gasteiger charge is 2.12. The fourth-order valence-corrected chi connectivity index (χ4v) is 1.86. The first-order valence-corrected chi connectivity index (χ1v) is 5.82. The van der Waals surface area contributed by atoms with Gasteiger partial charge in [-0.25, -0.2) is 0 Å². The number of carbonyl (C=O) groups is 1. The standard InChI is InChI=1S/C12H15BrO3/c1-8-4-5-11(10(13)6-8)16-9(2)7-12(14)15-3/h4-6,9H,7H2,1-3H3. The van der Waals surface area contributed by atoms with Crippen molar-refractivity contribution < 1.29 is 14.3 Å². The molecule has 0 N–H and O–H groups in total. The number of methoxy groups -OCH3 is 1. The van der Waals surface area contributed by atoms with Crippen LogP contribution in [0.1, 0.15) is 18.9 Å². The first-order valence-electron chi connectivity index (χ1n) is 5.02. The lowest BCUT2D eigenvalue weighted by atomic mass is 10.2. The van der Waals surface area contributed by atoms with Crippen molar-refractivity contribution in [2.24, 2.45) is 0 Å². The van der Waals surface area contributed by atoms with Crippen LogP contribution in [-0.4, -0.2) is 19.2 Å². The minimum absolute atomic E-state index is 0.202. The van der Waals surface area contributed by atoms with E-state index in [2.05, 4.69) is 20.7 Å². The minimum atomic E-state index is -0.268. The highest BCUT2D eigenvalue weighted by molar-refractivity contribution is 9.10. The smallest absolute Gasteiger partial charge is 0.309 e. The Hall–Kier alpha value is -1.03. The molecule has 88 valence electrons. The van der Waals surface area contributed by atoms with Gasteiger partial charge in [0.15, 0.2) is 0 Å². The van der Waals surface area contributed by atoms with Gasteiger partial charge in [-0.1, -0.05) is 6.07 Å². The van der Waals surface area contributed by atoms with Gasteiger partial charge in [-0.2, -0.15) is 0 Å². The van der Waals surface area contributed by atoms with Gasteiger partial charge in [0.2, 0.25) is 0 Å². The van der Waals surface area contributed by atoms with E-state index >= 15 is 0 Å². The molecule has 0 aliphatic heterocycles. The fourth-order valence-electron chi connectivity index (χ4n) is 1.28. The number of benzene rings is 1. The number of halogens is 1. The molecule has 0 spiro atoms. The average molecular weight is 287 g/mol. The molecular formula is C12H15BrO3. The van der Waals surface area contributed by atoms with Gasteiger partial charge < -0.3 is 9.47 Å². The van der Waals surface area contributed by atoms with Gasteiger partial charge in [-0.05, 0) is 47.5 Å². The summed E-state index contributed by atoms with van der Waals surface area (Å²) in [5.41, 5.74) is 1.15. The van der Waals surface area contributed by atoms with Gasteiger partial charge >= 0.3 is 5.97 Å². The maximum atomic E-state index is 11.0. The summed E-state index contributed by atoms with van der Waals surface area (Å²) in [5, 5.41) is 0. The molecule has 0 bridgehead atoms. The Kier molecular flexibility index (Phi) is 4.80. The number of esters is 1. The number of rotatable bonds is 4. The van der Waals surface area contributed by atoms with Gasteiger partial charge in [0.25, 0.3) is 0 Å². The van der Waals surface area contributed by atoms with Crippen molar-refractivity contribution in [3.8, 4) is 5.75 Å². The van der Waals surface area contributed by atoms with E-state index in [1.807, 2.05) is 32.0 Å². The summed E-state index contributed by atoms with van der Waals surface area (Å²) in [7, 11) is 1.37. The topological polar surface area (TPSA) is 35.5 Å². The van der Waals surface area contributed by atoms with Crippen LogP contribution < -0.4 is 4.74 Å². The SMILES string of the molecule is COC(=O)CC(C)Oc1ccc(C)cc1Br. The highest BCUT2D eigenvalue weighted by Crippen LogP contribution is 2.27. The van der Waals surface area contributed by atoms with Gasteiger partial charge in [-0.15, -0.1) is 0 Å². The largest absolute Gasteiger partial charge is 0.489 e. The normalized spacial score (nSPS) is 12.0. The van der Waals surface area contributed by atoms with Crippen molar-refractivity contribution in [3.63, 3.8) is 0 Å². The second kappa shape index (κ2) is 5.89. The molecule has 0 aliphatic rings. The summed E-state index contributed by atoms with van der Waals surface area (Å²) in [6.07, 6.45) is 0.0445. The number of aryl methyl sites for hydroxylation is 1. The summed E-state index contributed by atoms with van der Waals surface area (Å²) in [6, 6.07) is 5.82. The third kappa shape index (κ3) is 3.85. The third-order valence-corrected chi connectivity index (χ3v) is 2.72. The molecule has 1 aromatic rings. The number of ether oxygens (including phenoxy) is 2. The molecule has 1 unspecified atom stereocenters. The summed E-state index contributed by atoms with van der Waals surface area (Å²) >= 11 is 3.42. The molecule has 0 fully saturated rings. The molecule has 0 aliphatic carbocycles. The van der Waals surface area contributed by atoms with Crippen molar-refractivity contribution in [1.82, 2.24) is 0 Å². The van der Waals surface area contributed by atoms with Gasteiger partial charge in [0, 0.05) is 0 Å². The zero-order valence-electron chi connectivity index (χ0n) is 9.62. The first-order chi connectivity index (χ1) is 7.52. The van der Waals surface area contributed by atoms with Crippen LogP contribution in [0.5, 0.6) is 5.75 Å². The number of hydrogen-bond acceptors (Lipinski definition) is 3. The van der Waals surface area contributed by atoms with Crippen molar-refractivity contribution in [3.05, 3.63) is 28.2 Å². The lowest BCUT2D eigenvalue weighted by Gasteiger charge is -2.15. The van der Waals surface area contributed by atoms with E-state index in [0.29, 0.717) is 0 Å². The maximum Gasteiger partial charge on any atom is 0.309 e. The lowest BCUT2D eigenvalue weighted by molar-refractivity contribution is -0.142. The third-order valence-electron chi connectivity index (χ3n) is 2.10. The van der Waals surface area contributed by atoms with E-state index in [9.17, 15) is 4.79 Å². The summed E-state index contributed by atoms with van der Waals surface area (Å²) < 4.78 is 11.1. The molecule has 0 radical (unpaired) electrons. The van der Waals surface area contributed by atoms with E-state index in [4.69, 9.17) is 4.74 Å². The molecule has 0 aromatic heterocycles. The van der Waals surface area contributed by atoms with Crippen molar-refractivity contribution in [2.75, 3.05) is 7.11 Å². The summed E-state index contributed by atoms with van der Waals surface area (Å²) in [6.45, 7) is 3.84. The van der Waals surface area contributed by atoms with Crippen LogP contribution in [0.15, 0.2) is 22.7 Å². The average Bonchev–Trinajstić information content (AvgIpc) is 2.22. The van der Waals surface area contributed by atoms with Crippen LogP contribution in [0.2, 0.25) is 0 Å². The van der Waals surface area contributed by atoms with E-state index in [1.54, 1.807) is 0 Å². The Labute approximate surface area is 104 Å². The van der Waals surface area contributed by atoms with Gasteiger partial charge in [0.05, 0.1) is 18.0 Å². The van der Waals surface area contributed by atoms with Crippen LogP contribution in [-0.2, 0) is 9.53 Å². The maximum absolute atomic E-state index is 11.0. The van der Waals surface area contributed by atoms with Crippen LogP contribution in [0.4, 0.5) is 0 Å². The predicted octanol–water partition coefficient (Wildman–Crippen LogP) is 3.09. The summed E-state index contributed by atoms with van der Waals surface area (Å²) in [4.78, 5) is 11.0. The Morgan fingerprint density at radius 2 is 2.19 bits per heavy atom. The molecule has 1 atom stereocenters. The second-order valence-corrected chi connectivity index (χ2v) is 4.50. The van der Waals surface area contributed by atoms with Crippen LogP contribution in [0, 0.1) is 6.92 Å². The molecule has 16 heavy (non-hydrogen) atoms. The predicted molar refractivity (Wildman–Crippen MR) is 65.6 cm³/mol. The van der Waals surface area contributed by atoms with E-state index in [-0.39, 0.29) is 18.5 Å². The number of carbonyl (C=O) groups excluding carboxylic acids is 1. The van der Waals surface area contributed by atoms with E-state index < -0.39 is 0 Å². The monoisotopic (exact) mass is 286 g/mol. The molecule has 0 amide bonds. The fraction of sp³-hybridized carbons (Fsp3) is 0.417. The molecule has 0 saturated carbocycles. The molecule has 1 aromatic carbocycles. The van der Waals surface area contributed by atoms with Gasteiger partial charge in [0.1, 0.15) is 11.9 Å². The Balaban J connectivity index is 2.62. The van der Waals surface area contributed by atoms with Crippen molar-refractivity contribution >= 4 is 21.9 Å². The van der Waals surface area contributed by atoms with Crippen molar-refractivity contribution in [2.45, 2.75) is 26.4 Å². The molecule has 0 saturated heterocycles. The van der Waals surface area contributed by atoms with Crippen molar-refractivity contribution in [1.29, 1.82) is 0 Å². The number of hydrogen-bond donors (Lipinski definition) is 0. The van der Waals surface area contributed by atoms with Crippen LogP contribution in [0.3, 0.4) is 0 Å². The molecule has 1 rings (SSSR count). The Morgan fingerprint density at radius 3 is 2.75 bits per heavy atom. The highest BCUT2D eigenvalue weighted by atomic mass is 79.9. The molecule has 3 nitrogen and oxygen atoms in total. The molecular weight excluding hydrogens is 272 g/mol. The zero-order valence-corrected chi connectivity index (χ0v) is 11.2. The van der Waals surface area contributed by atoms with Crippen LogP contribution >= 0.6 is 15.9 Å². The zero-order chi connectivity index (χ0) is 12.1. The Morgan fingerprint density at radius 1 is 1.50 bits per heavy atom. The summed E-state index contributed by atoms with van der Waals surface area (Å²) in [5.74, 6) is 0.470. The molecule has 0 heterocycles. The quantitative estimate of drug-likeness (QED) is 0.798. The second-order valence-electron chi connectivity index (χ2n) is 3.64. The van der Waals surface area contributed by atoms with Gasteiger partial charge in [-0.3, -0.25) is 4.79 Å². The minimum Gasteiger partial charge on any atom is -0.489 e.